The number of hydrogen-bond acceptors (Lipinski definition) is 7. The third-order valence-electron chi connectivity index (χ3n) is 5.21. The topological polar surface area (TPSA) is 57.2 Å². The van der Waals surface area contributed by atoms with Gasteiger partial charge in [-0.3, -0.25) is 9.69 Å². The monoisotopic (exact) mass is 507 g/mol. The van der Waals surface area contributed by atoms with Crippen LogP contribution < -0.4 is 18.9 Å². The van der Waals surface area contributed by atoms with Gasteiger partial charge >= 0.3 is 0 Å². The molecule has 1 aliphatic heterocycles. The van der Waals surface area contributed by atoms with Crippen LogP contribution in [0.15, 0.2) is 77.7 Å². The number of thiocarbonyl (C=S) groups is 1. The predicted octanol–water partition coefficient (Wildman–Crippen LogP) is 5.56. The van der Waals surface area contributed by atoms with E-state index in [1.54, 1.807) is 19.1 Å². The van der Waals surface area contributed by atoms with Crippen molar-refractivity contribution in [3.8, 4) is 23.0 Å². The highest BCUT2D eigenvalue weighted by Crippen LogP contribution is 2.35. The first-order valence-electron chi connectivity index (χ1n) is 10.9. The van der Waals surface area contributed by atoms with Gasteiger partial charge in [-0.05, 0) is 41.5 Å². The SMILES string of the molecule is COc1ccccc1OCCOc1ccc(/C=C2\SC(=S)N(Cc3ccccc3)C2=O)cc1OC. The second-order valence-corrected chi connectivity index (χ2v) is 9.19. The zero-order valence-electron chi connectivity index (χ0n) is 19.4. The van der Waals surface area contributed by atoms with Gasteiger partial charge in [0.1, 0.15) is 17.5 Å². The van der Waals surface area contributed by atoms with Crippen molar-refractivity contribution >= 4 is 40.3 Å². The van der Waals surface area contributed by atoms with Gasteiger partial charge in [-0.15, -0.1) is 0 Å². The van der Waals surface area contributed by atoms with Crippen molar-refractivity contribution in [2.24, 2.45) is 0 Å². The minimum absolute atomic E-state index is 0.100. The van der Waals surface area contributed by atoms with Crippen LogP contribution in [0.3, 0.4) is 0 Å². The highest BCUT2D eigenvalue weighted by Gasteiger charge is 2.32. The molecule has 0 aromatic heterocycles. The third-order valence-corrected chi connectivity index (χ3v) is 6.59. The van der Waals surface area contributed by atoms with Gasteiger partial charge in [-0.1, -0.05) is 72.5 Å². The fraction of sp³-hybridized carbons (Fsp3) is 0.185. The summed E-state index contributed by atoms with van der Waals surface area (Å²) < 4.78 is 23.0. The van der Waals surface area contributed by atoms with Crippen molar-refractivity contribution in [1.82, 2.24) is 4.90 Å². The highest BCUT2D eigenvalue weighted by atomic mass is 32.2. The number of carbonyl (C=O) groups is 1. The largest absolute Gasteiger partial charge is 0.493 e. The van der Waals surface area contributed by atoms with Crippen LogP contribution in [0.1, 0.15) is 11.1 Å². The second kappa shape index (κ2) is 11.8. The second-order valence-electron chi connectivity index (χ2n) is 7.51. The van der Waals surface area contributed by atoms with Crippen LogP contribution >= 0.6 is 24.0 Å². The number of rotatable bonds is 10. The van der Waals surface area contributed by atoms with Crippen LogP contribution in [0, 0.1) is 0 Å². The van der Waals surface area contributed by atoms with Gasteiger partial charge in [0, 0.05) is 0 Å². The molecule has 0 aliphatic carbocycles. The lowest BCUT2D eigenvalue weighted by molar-refractivity contribution is -0.122. The fourth-order valence-corrected chi connectivity index (χ4v) is 4.74. The summed E-state index contributed by atoms with van der Waals surface area (Å²) in [6.07, 6.45) is 1.82. The molecule has 35 heavy (non-hydrogen) atoms. The van der Waals surface area contributed by atoms with Crippen molar-refractivity contribution < 1.29 is 23.7 Å². The van der Waals surface area contributed by atoms with Crippen molar-refractivity contribution in [2.45, 2.75) is 6.54 Å². The smallest absolute Gasteiger partial charge is 0.266 e. The number of thioether (sulfide) groups is 1. The molecule has 0 radical (unpaired) electrons. The van der Waals surface area contributed by atoms with Gasteiger partial charge in [0.25, 0.3) is 5.91 Å². The third kappa shape index (κ3) is 6.15. The molecule has 0 spiro atoms. The van der Waals surface area contributed by atoms with Crippen LogP contribution in [-0.4, -0.2) is 42.6 Å². The highest BCUT2D eigenvalue weighted by molar-refractivity contribution is 8.26. The molecular weight excluding hydrogens is 482 g/mol. The summed E-state index contributed by atoms with van der Waals surface area (Å²) in [5.41, 5.74) is 1.85. The van der Waals surface area contributed by atoms with E-state index in [1.165, 1.54) is 11.8 Å². The summed E-state index contributed by atoms with van der Waals surface area (Å²) in [5.74, 6) is 2.38. The van der Waals surface area contributed by atoms with E-state index in [1.807, 2.05) is 78.9 Å². The lowest BCUT2D eigenvalue weighted by Crippen LogP contribution is -2.27. The van der Waals surface area contributed by atoms with E-state index in [2.05, 4.69) is 0 Å². The lowest BCUT2D eigenvalue weighted by Gasteiger charge is -2.14. The molecule has 3 aromatic carbocycles. The van der Waals surface area contributed by atoms with Crippen molar-refractivity contribution in [3.05, 3.63) is 88.8 Å². The van der Waals surface area contributed by atoms with E-state index in [-0.39, 0.29) is 5.91 Å². The summed E-state index contributed by atoms with van der Waals surface area (Å²) >= 11 is 6.75. The Balaban J connectivity index is 1.38. The first-order valence-corrected chi connectivity index (χ1v) is 12.2. The summed E-state index contributed by atoms with van der Waals surface area (Å²) in [4.78, 5) is 15.2. The number of carbonyl (C=O) groups excluding carboxylic acids is 1. The number of methoxy groups -OCH3 is 2. The number of para-hydroxylation sites is 2. The van der Waals surface area contributed by atoms with Gasteiger partial charge in [0.2, 0.25) is 0 Å². The minimum atomic E-state index is -0.100. The maximum Gasteiger partial charge on any atom is 0.266 e. The summed E-state index contributed by atoms with van der Waals surface area (Å²) in [6, 6.07) is 22.8. The van der Waals surface area contributed by atoms with Gasteiger partial charge in [-0.25, -0.2) is 0 Å². The number of benzene rings is 3. The van der Waals surface area contributed by atoms with Crippen LogP contribution in [0.2, 0.25) is 0 Å². The fourth-order valence-electron chi connectivity index (χ4n) is 3.49. The van der Waals surface area contributed by atoms with Crippen molar-refractivity contribution in [2.75, 3.05) is 27.4 Å². The van der Waals surface area contributed by atoms with E-state index in [9.17, 15) is 4.79 Å². The van der Waals surface area contributed by atoms with E-state index in [0.29, 0.717) is 52.0 Å². The van der Waals surface area contributed by atoms with Gasteiger partial charge in [0.15, 0.2) is 23.0 Å². The normalized spacial score (nSPS) is 14.3. The molecule has 180 valence electrons. The van der Waals surface area contributed by atoms with E-state index in [4.69, 9.17) is 31.2 Å². The quantitative estimate of drug-likeness (QED) is 0.202. The Labute approximate surface area is 214 Å². The molecule has 3 aromatic rings. The Kier molecular flexibility index (Phi) is 8.28. The number of hydrogen-bond donors (Lipinski definition) is 0. The maximum absolute atomic E-state index is 13.0. The Morgan fingerprint density at radius 2 is 1.46 bits per heavy atom. The molecule has 1 aliphatic rings. The molecule has 0 bridgehead atoms. The molecule has 0 atom stereocenters. The molecule has 1 saturated heterocycles. The van der Waals surface area contributed by atoms with E-state index >= 15 is 0 Å². The Bertz CT molecular complexity index is 1230. The van der Waals surface area contributed by atoms with Crippen molar-refractivity contribution in [3.63, 3.8) is 0 Å². The standard InChI is InChI=1S/C27H25NO5S2/c1-30-21-10-6-7-11-22(21)32-14-15-33-23-13-12-20(16-24(23)31-2)17-25-26(29)28(27(34)35-25)18-19-8-4-3-5-9-19/h3-13,16-17H,14-15,18H2,1-2H3/b25-17-. The van der Waals surface area contributed by atoms with Crippen LogP contribution in [0.5, 0.6) is 23.0 Å². The van der Waals surface area contributed by atoms with Crippen LogP contribution in [-0.2, 0) is 11.3 Å². The average molecular weight is 508 g/mol. The zero-order chi connectivity index (χ0) is 24.6. The van der Waals surface area contributed by atoms with Crippen LogP contribution in [0.25, 0.3) is 6.08 Å². The molecule has 8 heteroatoms. The molecular formula is C27H25NO5S2. The number of amides is 1. The Morgan fingerprint density at radius 3 is 2.14 bits per heavy atom. The summed E-state index contributed by atoms with van der Waals surface area (Å²) in [6.45, 7) is 1.12. The van der Waals surface area contributed by atoms with Crippen LogP contribution in [0.4, 0.5) is 0 Å². The Morgan fingerprint density at radius 1 is 0.829 bits per heavy atom. The Hall–Kier alpha value is -3.49. The molecule has 0 saturated carbocycles. The lowest BCUT2D eigenvalue weighted by atomic mass is 10.1. The first kappa shape index (κ1) is 24.6. The molecule has 1 heterocycles. The molecule has 0 unspecified atom stereocenters. The number of ether oxygens (including phenoxy) is 4. The predicted molar refractivity (Wildman–Crippen MR) is 142 cm³/mol. The number of nitrogens with zero attached hydrogens (tertiary/aromatic N) is 1. The first-order chi connectivity index (χ1) is 17.1. The molecule has 1 amide bonds. The zero-order valence-corrected chi connectivity index (χ0v) is 21.1. The molecule has 6 nitrogen and oxygen atoms in total. The minimum Gasteiger partial charge on any atom is -0.493 e. The molecule has 1 fully saturated rings. The molecule has 4 rings (SSSR count). The van der Waals surface area contributed by atoms with E-state index in [0.717, 1.165) is 11.1 Å². The van der Waals surface area contributed by atoms with Gasteiger partial charge in [-0.2, -0.15) is 0 Å². The van der Waals surface area contributed by atoms with E-state index < -0.39 is 0 Å². The molecule has 0 N–H and O–H groups in total. The van der Waals surface area contributed by atoms with Crippen molar-refractivity contribution in [1.29, 1.82) is 0 Å². The maximum atomic E-state index is 13.0. The van der Waals surface area contributed by atoms with Gasteiger partial charge in [0.05, 0.1) is 25.7 Å². The summed E-state index contributed by atoms with van der Waals surface area (Å²) in [7, 11) is 3.18. The summed E-state index contributed by atoms with van der Waals surface area (Å²) in [5, 5.41) is 0. The van der Waals surface area contributed by atoms with Gasteiger partial charge < -0.3 is 18.9 Å². The average Bonchev–Trinajstić information content (AvgIpc) is 3.15.